The van der Waals surface area contributed by atoms with E-state index in [0.29, 0.717) is 35.4 Å². The molecule has 0 saturated carbocycles. The van der Waals surface area contributed by atoms with Crippen molar-refractivity contribution in [3.8, 4) is 39.3 Å². The molecule has 5 rings (SSSR count). The highest BCUT2D eigenvalue weighted by molar-refractivity contribution is 5.73. The second-order valence-corrected chi connectivity index (χ2v) is 10.7. The highest BCUT2D eigenvalue weighted by atomic mass is 19.3. The molecule has 0 atom stereocenters. The second kappa shape index (κ2) is 13.7. The van der Waals surface area contributed by atoms with E-state index in [-0.39, 0.29) is 17.2 Å². The van der Waals surface area contributed by atoms with Crippen molar-refractivity contribution in [2.45, 2.75) is 45.1 Å². The number of halogens is 8. The van der Waals surface area contributed by atoms with Crippen molar-refractivity contribution < 1.29 is 39.9 Å². The van der Waals surface area contributed by atoms with E-state index in [1.54, 1.807) is 12.1 Å². The molecule has 0 fully saturated rings. The van der Waals surface area contributed by atoms with Crippen LogP contribution in [0.15, 0.2) is 91.1 Å². The minimum Gasteiger partial charge on any atom is -0.429 e. The van der Waals surface area contributed by atoms with E-state index in [1.165, 1.54) is 12.1 Å². The van der Waals surface area contributed by atoms with Gasteiger partial charge in [0.2, 0.25) is 0 Å². The lowest BCUT2D eigenvalue weighted by atomic mass is 9.97. The van der Waals surface area contributed by atoms with Crippen LogP contribution in [0.1, 0.15) is 49.3 Å². The van der Waals surface area contributed by atoms with E-state index in [4.69, 9.17) is 0 Å². The molecule has 5 aromatic rings. The molecule has 1 heterocycles. The number of pyridine rings is 1. The van der Waals surface area contributed by atoms with E-state index in [1.807, 2.05) is 30.5 Å². The third-order valence-corrected chi connectivity index (χ3v) is 7.47. The molecule has 0 aliphatic heterocycles. The van der Waals surface area contributed by atoms with E-state index in [0.717, 1.165) is 48.6 Å². The van der Waals surface area contributed by atoms with Gasteiger partial charge in [0.1, 0.15) is 34.6 Å². The molecule has 0 aliphatic carbocycles. The monoisotopic (exact) mass is 641 g/mol. The molecule has 0 bridgehead atoms. The summed E-state index contributed by atoms with van der Waals surface area (Å²) in [5, 5.41) is 0. The van der Waals surface area contributed by atoms with Crippen LogP contribution in [0.5, 0.6) is 5.75 Å². The van der Waals surface area contributed by atoms with Crippen LogP contribution in [0.4, 0.5) is 35.1 Å². The summed E-state index contributed by atoms with van der Waals surface area (Å²) in [6.45, 7) is 2.15. The maximum atomic E-state index is 15.2. The molecule has 0 N–H and O–H groups in total. The predicted octanol–water partition coefficient (Wildman–Crippen LogP) is 11.4. The second-order valence-electron chi connectivity index (χ2n) is 10.7. The van der Waals surface area contributed by atoms with Crippen molar-refractivity contribution >= 4 is 0 Å². The van der Waals surface area contributed by atoms with E-state index in [2.05, 4.69) is 16.6 Å². The molecule has 238 valence electrons. The van der Waals surface area contributed by atoms with Crippen molar-refractivity contribution in [1.82, 2.24) is 4.98 Å². The van der Waals surface area contributed by atoms with Gasteiger partial charge in [-0.15, -0.1) is 0 Å². The molecule has 10 heteroatoms. The number of alkyl halides is 4. The molecule has 0 radical (unpaired) electrons. The summed E-state index contributed by atoms with van der Waals surface area (Å²) in [6.07, 6.45) is -1.63. The minimum atomic E-state index is -4.66. The Hall–Kier alpha value is -4.73. The van der Waals surface area contributed by atoms with Gasteiger partial charge in [0.15, 0.2) is 0 Å². The highest BCUT2D eigenvalue weighted by Gasteiger charge is 2.41. The van der Waals surface area contributed by atoms with Gasteiger partial charge >= 0.3 is 6.11 Å². The molecule has 2 nitrogen and oxygen atoms in total. The van der Waals surface area contributed by atoms with E-state index in [9.17, 15) is 30.7 Å². The first-order valence-corrected chi connectivity index (χ1v) is 14.5. The Balaban J connectivity index is 1.33. The smallest absolute Gasteiger partial charge is 0.429 e. The number of ether oxygens (including phenoxy) is 1. The van der Waals surface area contributed by atoms with Crippen molar-refractivity contribution in [2.75, 3.05) is 0 Å². The first kappa shape index (κ1) is 32.7. The molecule has 1 aromatic heterocycles. The van der Waals surface area contributed by atoms with Crippen molar-refractivity contribution in [1.29, 1.82) is 0 Å². The van der Waals surface area contributed by atoms with Crippen molar-refractivity contribution in [3.05, 3.63) is 131 Å². The molecule has 4 aromatic carbocycles. The number of aryl methyl sites for hydroxylation is 1. The topological polar surface area (TPSA) is 22.1 Å². The third kappa shape index (κ3) is 7.22. The summed E-state index contributed by atoms with van der Waals surface area (Å²) in [6, 6.07) is 17.6. The van der Waals surface area contributed by atoms with E-state index >= 15 is 4.39 Å². The Morgan fingerprint density at radius 1 is 0.674 bits per heavy atom. The zero-order valence-electron chi connectivity index (χ0n) is 24.4. The average Bonchev–Trinajstić information content (AvgIpc) is 3.00. The lowest BCUT2D eigenvalue weighted by molar-refractivity contribution is -0.189. The zero-order valence-corrected chi connectivity index (χ0v) is 24.4. The summed E-state index contributed by atoms with van der Waals surface area (Å²) in [5.41, 5.74) is 0.466. The van der Waals surface area contributed by atoms with Crippen LogP contribution in [0.3, 0.4) is 0 Å². The van der Waals surface area contributed by atoms with Gasteiger partial charge in [-0.05, 0) is 71.5 Å². The molecule has 0 amide bonds. The maximum absolute atomic E-state index is 15.2. The lowest BCUT2D eigenvalue weighted by Gasteiger charge is -2.20. The highest BCUT2D eigenvalue weighted by Crippen LogP contribution is 2.39. The predicted molar refractivity (Wildman–Crippen MR) is 160 cm³/mol. The summed E-state index contributed by atoms with van der Waals surface area (Å²) in [7, 11) is 0. The van der Waals surface area contributed by atoms with Crippen LogP contribution in [0.2, 0.25) is 0 Å². The fourth-order valence-electron chi connectivity index (χ4n) is 5.04. The first-order valence-electron chi connectivity index (χ1n) is 14.5. The summed E-state index contributed by atoms with van der Waals surface area (Å²) >= 11 is 0. The number of nitrogens with zero attached hydrogens (tertiary/aromatic N) is 1. The molecular formula is C36H27F8NO. The van der Waals surface area contributed by atoms with Crippen LogP contribution in [0, 0.1) is 23.3 Å². The fraction of sp³-hybridized carbons (Fsp3) is 0.194. The number of hydrogen-bond acceptors (Lipinski definition) is 2. The lowest BCUT2D eigenvalue weighted by Crippen LogP contribution is -2.25. The molecule has 0 spiro atoms. The van der Waals surface area contributed by atoms with E-state index < -0.39 is 52.7 Å². The summed E-state index contributed by atoms with van der Waals surface area (Å²) in [5.74, 6) is -6.84. The quantitative estimate of drug-likeness (QED) is 0.106. The van der Waals surface area contributed by atoms with Gasteiger partial charge in [-0.25, -0.2) is 26.3 Å². The molecule has 0 aliphatic rings. The third-order valence-electron chi connectivity index (χ3n) is 7.47. The standard InChI is InChI=1S/C36H27F8NO/c1-2-3-4-5-21-6-15-33(45-20-21)23-9-7-22(8-10-23)24-11-13-27(29(37)16-24)25-17-31(39)34(32(40)18-25)36(43,44)46-26-12-14-28(35(41)42)30(38)19-26/h6-20,35H,2-5H2,1H3. The van der Waals surface area contributed by atoms with Gasteiger partial charge in [-0.1, -0.05) is 62.2 Å². The number of aromatic nitrogens is 1. The molecule has 0 unspecified atom stereocenters. The summed E-state index contributed by atoms with van der Waals surface area (Å²) < 4.78 is 118. The fourth-order valence-corrected chi connectivity index (χ4v) is 5.04. The van der Waals surface area contributed by atoms with Crippen LogP contribution < -0.4 is 4.74 Å². The number of benzene rings is 4. The van der Waals surface area contributed by atoms with Crippen molar-refractivity contribution in [2.24, 2.45) is 0 Å². The Bertz CT molecular complexity index is 1800. The normalized spacial score (nSPS) is 11.7. The van der Waals surface area contributed by atoms with Gasteiger partial charge < -0.3 is 4.74 Å². The van der Waals surface area contributed by atoms with Gasteiger partial charge in [-0.2, -0.15) is 8.78 Å². The first-order chi connectivity index (χ1) is 22.0. The maximum Gasteiger partial charge on any atom is 0.432 e. The van der Waals surface area contributed by atoms with Crippen LogP contribution in [-0.4, -0.2) is 4.98 Å². The minimum absolute atomic E-state index is 0.248. The van der Waals surface area contributed by atoms with Crippen LogP contribution >= 0.6 is 0 Å². The largest absolute Gasteiger partial charge is 0.432 e. The Kier molecular flexibility index (Phi) is 9.74. The zero-order chi connectivity index (χ0) is 33.0. The van der Waals surface area contributed by atoms with Crippen molar-refractivity contribution in [3.63, 3.8) is 0 Å². The number of hydrogen-bond donors (Lipinski definition) is 0. The van der Waals surface area contributed by atoms with Crippen LogP contribution in [-0.2, 0) is 12.5 Å². The van der Waals surface area contributed by atoms with Crippen LogP contribution in [0.25, 0.3) is 33.5 Å². The van der Waals surface area contributed by atoms with Gasteiger partial charge in [0.25, 0.3) is 6.43 Å². The average molecular weight is 642 g/mol. The number of rotatable bonds is 11. The number of unbranched alkanes of at least 4 members (excludes halogenated alkanes) is 2. The molecule has 46 heavy (non-hydrogen) atoms. The summed E-state index contributed by atoms with van der Waals surface area (Å²) in [4.78, 5) is 4.54. The SMILES string of the molecule is CCCCCc1ccc(-c2ccc(-c3ccc(-c4cc(F)c(C(F)(F)Oc5ccc(C(F)F)c(F)c5)c(F)c4)c(F)c3)cc2)nc1. The Morgan fingerprint density at radius 2 is 1.33 bits per heavy atom. The molecular weight excluding hydrogens is 614 g/mol. The van der Waals surface area contributed by atoms with Gasteiger partial charge in [-0.3, -0.25) is 4.98 Å². The Labute approximate surface area is 260 Å². The van der Waals surface area contributed by atoms with Gasteiger partial charge in [0.05, 0.1) is 11.3 Å². The molecule has 0 saturated heterocycles. The Morgan fingerprint density at radius 3 is 1.91 bits per heavy atom. The van der Waals surface area contributed by atoms with Gasteiger partial charge in [0, 0.05) is 23.4 Å².